The quantitative estimate of drug-likeness (QED) is 0.460. The van der Waals surface area contributed by atoms with Crippen LogP contribution in [0.1, 0.15) is 56.6 Å². The number of rotatable bonds is 8. The Morgan fingerprint density at radius 1 is 1.31 bits per heavy atom. The first-order chi connectivity index (χ1) is 15.4. The van der Waals surface area contributed by atoms with E-state index in [9.17, 15) is 9.90 Å². The predicted molar refractivity (Wildman–Crippen MR) is 130 cm³/mol. The third-order valence-corrected chi connectivity index (χ3v) is 6.80. The molecule has 6 heteroatoms. The lowest BCUT2D eigenvalue weighted by molar-refractivity contribution is -0.0415. The number of nitrogens with one attached hydrogen (secondary N) is 2. The SMILES string of the molecule is COC(=O)NCCCC(O)(c1cccc(Cl)c1-c1cccc(C(C)C)c1)C1CCCNC1. The Hall–Kier alpha value is -2.08. The van der Waals surface area contributed by atoms with Gasteiger partial charge in [0.05, 0.1) is 12.7 Å². The summed E-state index contributed by atoms with van der Waals surface area (Å²) in [7, 11) is 1.35. The molecule has 0 bridgehead atoms. The van der Waals surface area contributed by atoms with E-state index in [0.717, 1.165) is 42.6 Å². The molecule has 2 aromatic carbocycles. The van der Waals surface area contributed by atoms with E-state index in [2.05, 4.69) is 53.5 Å². The standard InChI is InChI=1S/C26H35ClN2O3/c1-18(2)19-8-4-9-20(16-19)24-22(11-5-12-23(24)27)26(31,21-10-6-14-28-17-21)13-7-15-29-25(30)32-3/h4-5,8-9,11-12,16,18,21,28,31H,6-7,10,13-15,17H2,1-3H3,(H,29,30). The second-order valence-corrected chi connectivity index (χ2v) is 9.34. The van der Waals surface area contributed by atoms with Gasteiger partial charge >= 0.3 is 6.09 Å². The Bertz CT molecular complexity index is 912. The molecule has 3 N–H and O–H groups in total. The predicted octanol–water partition coefficient (Wildman–Crippen LogP) is 5.45. The summed E-state index contributed by atoms with van der Waals surface area (Å²) in [6, 6.07) is 14.2. The fourth-order valence-electron chi connectivity index (χ4n) is 4.67. The molecule has 32 heavy (non-hydrogen) atoms. The first-order valence-corrected chi connectivity index (χ1v) is 11.9. The summed E-state index contributed by atoms with van der Waals surface area (Å²) in [5.41, 5.74) is 2.94. The van der Waals surface area contributed by atoms with E-state index in [0.29, 0.717) is 30.3 Å². The molecule has 174 valence electrons. The van der Waals surface area contributed by atoms with E-state index >= 15 is 0 Å². The lowest BCUT2D eigenvalue weighted by Crippen LogP contribution is -2.45. The number of amides is 1. The van der Waals surface area contributed by atoms with E-state index in [4.69, 9.17) is 11.6 Å². The highest BCUT2D eigenvalue weighted by atomic mass is 35.5. The molecule has 1 aliphatic heterocycles. The number of hydrogen-bond acceptors (Lipinski definition) is 4. The maximum atomic E-state index is 12.2. The lowest BCUT2D eigenvalue weighted by atomic mass is 9.72. The highest BCUT2D eigenvalue weighted by Gasteiger charge is 2.40. The van der Waals surface area contributed by atoms with Gasteiger partial charge in [0.15, 0.2) is 0 Å². The van der Waals surface area contributed by atoms with Gasteiger partial charge in [0.1, 0.15) is 0 Å². The number of hydrogen-bond donors (Lipinski definition) is 3. The van der Waals surface area contributed by atoms with Gasteiger partial charge in [-0.05, 0) is 60.9 Å². The summed E-state index contributed by atoms with van der Waals surface area (Å²) in [5, 5.41) is 19.0. The zero-order valence-corrected chi connectivity index (χ0v) is 20.0. The van der Waals surface area contributed by atoms with Gasteiger partial charge in [-0.2, -0.15) is 0 Å². The molecule has 0 spiro atoms. The smallest absolute Gasteiger partial charge is 0.406 e. The van der Waals surface area contributed by atoms with Crippen molar-refractivity contribution in [2.24, 2.45) is 5.92 Å². The number of carbonyl (C=O) groups excluding carboxylic acids is 1. The summed E-state index contributed by atoms with van der Waals surface area (Å²) in [6.45, 7) is 6.50. The fourth-order valence-corrected chi connectivity index (χ4v) is 4.95. The van der Waals surface area contributed by atoms with Crippen molar-refractivity contribution in [3.63, 3.8) is 0 Å². The Labute approximate surface area is 196 Å². The molecule has 0 radical (unpaired) electrons. The van der Waals surface area contributed by atoms with Crippen LogP contribution in [0.15, 0.2) is 42.5 Å². The number of methoxy groups -OCH3 is 1. The van der Waals surface area contributed by atoms with E-state index in [-0.39, 0.29) is 5.92 Å². The molecule has 1 fully saturated rings. The zero-order valence-electron chi connectivity index (χ0n) is 19.3. The summed E-state index contributed by atoms with van der Waals surface area (Å²) in [6.07, 6.45) is 2.64. The molecule has 0 saturated carbocycles. The molecule has 0 aromatic heterocycles. The first-order valence-electron chi connectivity index (χ1n) is 11.5. The van der Waals surface area contributed by atoms with Crippen LogP contribution in [0.5, 0.6) is 0 Å². The molecule has 2 unspecified atom stereocenters. The van der Waals surface area contributed by atoms with Crippen molar-refractivity contribution in [1.29, 1.82) is 0 Å². The number of halogens is 1. The average Bonchev–Trinajstić information content (AvgIpc) is 2.82. The van der Waals surface area contributed by atoms with Crippen molar-refractivity contribution in [3.05, 3.63) is 58.6 Å². The van der Waals surface area contributed by atoms with Gasteiger partial charge in [-0.25, -0.2) is 4.79 Å². The second-order valence-electron chi connectivity index (χ2n) is 8.93. The zero-order chi connectivity index (χ0) is 23.1. The Balaban J connectivity index is 2.01. The first kappa shape index (κ1) is 24.6. The summed E-state index contributed by atoms with van der Waals surface area (Å²) < 4.78 is 4.67. The molecule has 0 aliphatic carbocycles. The van der Waals surface area contributed by atoms with Crippen molar-refractivity contribution >= 4 is 17.7 Å². The minimum absolute atomic E-state index is 0.0554. The maximum absolute atomic E-state index is 12.2. The van der Waals surface area contributed by atoms with Gasteiger partial charge in [0.25, 0.3) is 0 Å². The minimum atomic E-state index is -1.07. The van der Waals surface area contributed by atoms with E-state index < -0.39 is 11.7 Å². The lowest BCUT2D eigenvalue weighted by Gasteiger charge is -2.40. The second kappa shape index (κ2) is 11.2. The highest BCUT2D eigenvalue weighted by molar-refractivity contribution is 6.33. The third-order valence-electron chi connectivity index (χ3n) is 6.48. The van der Waals surface area contributed by atoms with Gasteiger partial charge < -0.3 is 20.5 Å². The Morgan fingerprint density at radius 3 is 2.78 bits per heavy atom. The number of carbonyl (C=O) groups is 1. The molecule has 1 saturated heterocycles. The highest BCUT2D eigenvalue weighted by Crippen LogP contribution is 2.45. The monoisotopic (exact) mass is 458 g/mol. The van der Waals surface area contributed by atoms with Crippen LogP contribution in [0.4, 0.5) is 4.79 Å². The van der Waals surface area contributed by atoms with E-state index in [1.54, 1.807) is 0 Å². The van der Waals surface area contributed by atoms with Gasteiger partial charge in [0.2, 0.25) is 0 Å². The maximum Gasteiger partial charge on any atom is 0.406 e. The average molecular weight is 459 g/mol. The van der Waals surface area contributed by atoms with Crippen molar-refractivity contribution < 1.29 is 14.6 Å². The van der Waals surface area contributed by atoms with Gasteiger partial charge in [-0.1, -0.05) is 61.8 Å². The van der Waals surface area contributed by atoms with Crippen LogP contribution >= 0.6 is 11.6 Å². The summed E-state index contributed by atoms with van der Waals surface area (Å²) >= 11 is 6.76. The minimum Gasteiger partial charge on any atom is -0.453 e. The van der Waals surface area contributed by atoms with Gasteiger partial charge in [0, 0.05) is 29.6 Å². The summed E-state index contributed by atoms with van der Waals surface area (Å²) in [5.74, 6) is 0.451. The molecule has 5 nitrogen and oxygen atoms in total. The van der Waals surface area contributed by atoms with Crippen LogP contribution in [-0.2, 0) is 10.3 Å². The summed E-state index contributed by atoms with van der Waals surface area (Å²) in [4.78, 5) is 11.5. The van der Waals surface area contributed by atoms with Crippen LogP contribution < -0.4 is 10.6 Å². The fraction of sp³-hybridized carbons (Fsp3) is 0.500. The Morgan fingerprint density at radius 2 is 2.09 bits per heavy atom. The van der Waals surface area contributed by atoms with Crippen molar-refractivity contribution in [2.45, 2.75) is 51.0 Å². The van der Waals surface area contributed by atoms with Crippen LogP contribution in [-0.4, -0.2) is 37.9 Å². The van der Waals surface area contributed by atoms with E-state index in [1.165, 1.54) is 12.7 Å². The molecule has 1 heterocycles. The third kappa shape index (κ3) is 5.64. The molecule has 2 atom stereocenters. The van der Waals surface area contributed by atoms with Crippen LogP contribution in [0.2, 0.25) is 5.02 Å². The molecule has 1 amide bonds. The Kier molecular flexibility index (Phi) is 8.57. The topological polar surface area (TPSA) is 70.6 Å². The van der Waals surface area contributed by atoms with Crippen molar-refractivity contribution in [2.75, 3.05) is 26.7 Å². The number of ether oxygens (including phenoxy) is 1. The number of alkyl carbamates (subject to hydrolysis) is 1. The number of benzene rings is 2. The van der Waals surface area contributed by atoms with Crippen LogP contribution in [0.3, 0.4) is 0 Å². The molecular weight excluding hydrogens is 424 g/mol. The van der Waals surface area contributed by atoms with E-state index in [1.807, 2.05) is 18.2 Å². The van der Waals surface area contributed by atoms with Crippen LogP contribution in [0.25, 0.3) is 11.1 Å². The molecule has 3 rings (SSSR count). The molecule has 2 aromatic rings. The largest absolute Gasteiger partial charge is 0.453 e. The van der Waals surface area contributed by atoms with Crippen molar-refractivity contribution in [3.8, 4) is 11.1 Å². The number of piperidine rings is 1. The number of aliphatic hydroxyl groups is 1. The molecule has 1 aliphatic rings. The molecular formula is C26H35ClN2O3. The van der Waals surface area contributed by atoms with Crippen LogP contribution in [0, 0.1) is 5.92 Å². The van der Waals surface area contributed by atoms with Crippen molar-refractivity contribution in [1.82, 2.24) is 10.6 Å². The van der Waals surface area contributed by atoms with Gasteiger partial charge in [-0.15, -0.1) is 0 Å². The van der Waals surface area contributed by atoms with Gasteiger partial charge in [-0.3, -0.25) is 0 Å². The normalized spacial score (nSPS) is 18.2.